The molecule has 1 nitrogen and oxygen atoms in total. The van der Waals surface area contributed by atoms with Crippen molar-refractivity contribution in [2.24, 2.45) is 0 Å². The zero-order valence-electron chi connectivity index (χ0n) is 8.95. The van der Waals surface area contributed by atoms with Crippen LogP contribution in [0.25, 0.3) is 0 Å². The van der Waals surface area contributed by atoms with Crippen molar-refractivity contribution in [2.75, 3.05) is 0 Å². The van der Waals surface area contributed by atoms with E-state index >= 15 is 0 Å². The maximum atomic E-state index is 13.3. The minimum atomic E-state index is -5.82. The lowest BCUT2D eigenvalue weighted by Gasteiger charge is -2.35. The summed E-state index contributed by atoms with van der Waals surface area (Å²) in [5.41, 5.74) is -5.99. The first-order valence-corrected chi connectivity index (χ1v) is 8.60. The Morgan fingerprint density at radius 3 is 1.90 bits per heavy atom. The molecule has 114 valence electrons. The Balaban J connectivity index is 3.62. The summed E-state index contributed by atoms with van der Waals surface area (Å²) in [5, 5.41) is 0. The van der Waals surface area contributed by atoms with Gasteiger partial charge in [-0.25, -0.2) is 4.39 Å². The van der Waals surface area contributed by atoms with Crippen LogP contribution < -0.4 is 0 Å². The number of halogens is 9. The van der Waals surface area contributed by atoms with E-state index in [1.54, 1.807) is 0 Å². The van der Waals surface area contributed by atoms with Crippen molar-refractivity contribution in [3.63, 3.8) is 0 Å². The summed E-state index contributed by atoms with van der Waals surface area (Å²) in [7, 11) is -0.137. The van der Waals surface area contributed by atoms with Gasteiger partial charge in [0.1, 0.15) is 5.82 Å². The van der Waals surface area contributed by atoms with Crippen LogP contribution in [0.2, 0.25) is 0 Å². The number of hydrogen-bond acceptors (Lipinski definition) is 2. The van der Waals surface area contributed by atoms with E-state index in [1.165, 1.54) is 0 Å². The monoisotopic (exact) mass is 498 g/mol. The maximum absolute atomic E-state index is 13.3. The van der Waals surface area contributed by atoms with Gasteiger partial charge in [-0.1, -0.05) is 6.07 Å². The topological polar surface area (TPSA) is 9.23 Å². The highest BCUT2D eigenvalue weighted by Gasteiger charge is 2.74. The van der Waals surface area contributed by atoms with Crippen molar-refractivity contribution in [1.29, 1.82) is 0 Å². The molecule has 0 unspecified atom stereocenters. The Hall–Kier alpha value is 0.250. The van der Waals surface area contributed by atoms with Crippen LogP contribution in [0.4, 0.5) is 30.7 Å². The quantitative estimate of drug-likeness (QED) is 0.290. The molecular weight excluding hydrogens is 496 g/mol. The lowest BCUT2D eigenvalue weighted by molar-refractivity contribution is -0.361. The van der Waals surface area contributed by atoms with Crippen LogP contribution in [-0.4, -0.2) is 12.4 Å². The first-order valence-electron chi connectivity index (χ1n) is 4.52. The summed E-state index contributed by atoms with van der Waals surface area (Å²) in [6.45, 7) is 0. The van der Waals surface area contributed by atoms with Gasteiger partial charge in [-0.15, -0.1) is 0 Å². The summed E-state index contributed by atoms with van der Waals surface area (Å²) < 4.78 is 94.8. The van der Waals surface area contributed by atoms with E-state index in [1.807, 2.05) is 0 Å². The minimum absolute atomic E-state index is 0.137. The second-order valence-electron chi connectivity index (χ2n) is 3.45. The molecule has 0 aromatic heterocycles. The van der Waals surface area contributed by atoms with Gasteiger partial charge in [0.25, 0.3) is 5.60 Å². The van der Waals surface area contributed by atoms with Crippen molar-refractivity contribution in [2.45, 2.75) is 18.0 Å². The predicted molar refractivity (Wildman–Crippen MR) is 70.6 cm³/mol. The molecule has 0 amide bonds. The summed E-state index contributed by atoms with van der Waals surface area (Å²) in [4.78, 5) is 0. The van der Waals surface area contributed by atoms with E-state index in [0.717, 1.165) is 27.3 Å². The highest BCUT2D eigenvalue weighted by Crippen LogP contribution is 2.55. The van der Waals surface area contributed by atoms with Gasteiger partial charge in [-0.3, -0.25) is 4.18 Å². The smallest absolute Gasteiger partial charge is 0.274 e. The van der Waals surface area contributed by atoms with Gasteiger partial charge >= 0.3 is 12.4 Å². The van der Waals surface area contributed by atoms with Crippen molar-refractivity contribution < 1.29 is 34.9 Å². The van der Waals surface area contributed by atoms with Crippen molar-refractivity contribution in [3.05, 3.63) is 34.1 Å². The second-order valence-corrected chi connectivity index (χ2v) is 5.68. The molecule has 0 atom stereocenters. The van der Waals surface area contributed by atoms with Crippen molar-refractivity contribution in [1.82, 2.24) is 0 Å². The van der Waals surface area contributed by atoms with E-state index in [4.69, 9.17) is 0 Å². The normalized spacial score (nSPS) is 13.7. The maximum Gasteiger partial charge on any atom is 0.432 e. The zero-order valence-corrected chi connectivity index (χ0v) is 13.5. The Morgan fingerprint density at radius 2 is 1.55 bits per heavy atom. The molecule has 0 fully saturated rings. The van der Waals surface area contributed by atoms with Crippen molar-refractivity contribution in [3.8, 4) is 0 Å². The molecule has 0 saturated heterocycles. The number of rotatable bonds is 3. The summed E-state index contributed by atoms with van der Waals surface area (Å²) in [6.07, 6.45) is -11.6. The minimum Gasteiger partial charge on any atom is -0.274 e. The lowest BCUT2D eigenvalue weighted by Crippen LogP contribution is -2.54. The van der Waals surface area contributed by atoms with Crippen LogP contribution in [-0.2, 0) is 9.78 Å². The van der Waals surface area contributed by atoms with E-state index < -0.39 is 29.3 Å². The molecule has 0 aliphatic carbocycles. The number of alkyl halides is 6. The molecule has 1 aromatic carbocycles. The van der Waals surface area contributed by atoms with Gasteiger partial charge in [0.15, 0.2) is 0 Å². The predicted octanol–water partition coefficient (Wildman–Crippen LogP) is 5.92. The van der Waals surface area contributed by atoms with Crippen LogP contribution in [0.15, 0.2) is 22.7 Å². The Labute approximate surface area is 133 Å². The third-order valence-corrected chi connectivity index (χ3v) is 3.78. The highest BCUT2D eigenvalue weighted by molar-refractivity contribution is 14.2. The Bertz CT molecular complexity index is 476. The molecule has 0 aliphatic rings. The molecule has 0 spiro atoms. The molecular formula is C9H3BrF7IOS. The van der Waals surface area contributed by atoms with E-state index in [0.29, 0.717) is 6.07 Å². The average molecular weight is 499 g/mol. The van der Waals surface area contributed by atoms with E-state index in [-0.39, 0.29) is 19.8 Å². The summed E-state index contributed by atoms with van der Waals surface area (Å²) >= 11 is 3.78. The molecule has 0 bridgehead atoms. The third kappa shape index (κ3) is 3.19. The van der Waals surface area contributed by atoms with Gasteiger partial charge in [-0.05, 0) is 28.1 Å². The molecule has 0 N–H and O–H groups in total. The Morgan fingerprint density at radius 1 is 1.05 bits per heavy atom. The summed E-state index contributed by atoms with van der Waals surface area (Å²) in [6, 6.07) is 1.39. The third-order valence-electron chi connectivity index (χ3n) is 2.28. The molecule has 1 aromatic rings. The van der Waals surface area contributed by atoms with Crippen LogP contribution in [0.1, 0.15) is 5.56 Å². The van der Waals surface area contributed by atoms with Crippen LogP contribution in [0, 0.1) is 5.82 Å². The van der Waals surface area contributed by atoms with Crippen LogP contribution in [0.3, 0.4) is 0 Å². The van der Waals surface area contributed by atoms with Gasteiger partial charge in [0, 0.05) is 26.8 Å². The number of benzene rings is 1. The highest BCUT2D eigenvalue weighted by atomic mass is 127. The van der Waals surface area contributed by atoms with Crippen LogP contribution in [0.5, 0.6) is 0 Å². The number of hydrogen-bond donors (Lipinski definition) is 0. The molecule has 0 aliphatic heterocycles. The first kappa shape index (κ1) is 18.3. The fourth-order valence-electron chi connectivity index (χ4n) is 1.39. The molecule has 0 saturated carbocycles. The second kappa shape index (κ2) is 6.16. The van der Waals surface area contributed by atoms with E-state index in [2.05, 4.69) is 20.1 Å². The van der Waals surface area contributed by atoms with Crippen LogP contribution >= 0.6 is 46.3 Å². The first-order chi connectivity index (χ1) is 8.97. The molecule has 11 heteroatoms. The molecule has 0 heterocycles. The molecule has 0 radical (unpaired) electrons. The lowest BCUT2D eigenvalue weighted by atomic mass is 9.92. The zero-order chi connectivity index (χ0) is 15.8. The van der Waals surface area contributed by atoms with Gasteiger partial charge in [0.2, 0.25) is 0 Å². The molecule has 1 rings (SSSR count). The fraction of sp³-hybridized carbons (Fsp3) is 0.333. The SMILES string of the molecule is Fc1cc(C(OSI)(C(F)(F)F)C(F)(F)F)ccc1Br. The Kier molecular flexibility index (Phi) is 5.64. The van der Waals surface area contributed by atoms with Gasteiger partial charge < -0.3 is 0 Å². The standard InChI is InChI=1S/C9H3BrF7IOS/c10-5-2-1-4(3-6(5)11)7(19-20-18,8(12,13)14)9(15,16)17/h1-3H. The fourth-order valence-corrected chi connectivity index (χ4v) is 2.83. The van der Waals surface area contributed by atoms with Gasteiger partial charge in [0.05, 0.1) is 13.7 Å². The summed E-state index contributed by atoms with van der Waals surface area (Å²) in [5.74, 6) is -1.26. The van der Waals surface area contributed by atoms with E-state index in [9.17, 15) is 30.7 Å². The largest absolute Gasteiger partial charge is 0.432 e. The molecule has 20 heavy (non-hydrogen) atoms. The van der Waals surface area contributed by atoms with Crippen molar-refractivity contribution >= 4 is 46.3 Å². The van der Waals surface area contributed by atoms with Gasteiger partial charge in [-0.2, -0.15) is 26.3 Å². The average Bonchev–Trinajstić information content (AvgIpc) is 2.26.